The molecule has 3 aromatic carbocycles. The van der Waals surface area contributed by atoms with Crippen LogP contribution >= 0.6 is 0 Å². The van der Waals surface area contributed by atoms with E-state index in [1.165, 1.54) is 17.0 Å². The van der Waals surface area contributed by atoms with Crippen LogP contribution in [-0.2, 0) is 6.54 Å². The van der Waals surface area contributed by atoms with Gasteiger partial charge in [-0.2, -0.15) is 0 Å². The van der Waals surface area contributed by atoms with Crippen LogP contribution in [0.4, 0.5) is 26.4 Å². The number of primary amides is 1. The minimum absolute atomic E-state index is 0.0644. The highest BCUT2D eigenvalue weighted by atomic mass is 19.1. The number of carbonyl (C=O) groups excluding carboxylic acids is 1. The molecule has 4 rings (SSSR count). The topological polar surface area (TPSA) is 124 Å². The monoisotopic (exact) mass is 391 g/mol. The van der Waals surface area contributed by atoms with Crippen LogP contribution in [0.1, 0.15) is 5.56 Å². The lowest BCUT2D eigenvalue weighted by Gasteiger charge is -2.21. The third-order valence-electron chi connectivity index (χ3n) is 4.70. The van der Waals surface area contributed by atoms with E-state index in [4.69, 9.17) is 21.7 Å². The lowest BCUT2D eigenvalue weighted by Crippen LogP contribution is -2.31. The summed E-state index contributed by atoms with van der Waals surface area (Å²) in [5.41, 5.74) is 20.4. The van der Waals surface area contributed by atoms with Gasteiger partial charge in [0.2, 0.25) is 0 Å². The Hall–Kier alpha value is -3.91. The number of halogens is 1. The maximum Gasteiger partial charge on any atom is 0.323 e. The van der Waals surface area contributed by atoms with Crippen LogP contribution in [0.3, 0.4) is 0 Å². The molecular formula is C21H18FN5O2. The van der Waals surface area contributed by atoms with Crippen molar-refractivity contribution < 1.29 is 13.7 Å². The van der Waals surface area contributed by atoms with Crippen molar-refractivity contribution >= 4 is 34.2 Å². The molecule has 0 saturated heterocycles. The molecule has 0 unspecified atom stereocenters. The molecule has 0 atom stereocenters. The third-order valence-corrected chi connectivity index (χ3v) is 4.70. The number of urea groups is 1. The maximum atomic E-state index is 14.1. The second-order valence-electron chi connectivity index (χ2n) is 6.45. The molecule has 1 heterocycles. The van der Waals surface area contributed by atoms with Gasteiger partial charge in [0.25, 0.3) is 0 Å². The highest BCUT2D eigenvalue weighted by Crippen LogP contribution is 2.34. The highest BCUT2D eigenvalue weighted by Gasteiger charge is 2.18. The third kappa shape index (κ3) is 3.26. The molecule has 7 nitrogen and oxygen atoms in total. The Kier molecular flexibility index (Phi) is 4.61. The summed E-state index contributed by atoms with van der Waals surface area (Å²) in [6, 6.07) is 16.2. The molecule has 146 valence electrons. The van der Waals surface area contributed by atoms with Crippen molar-refractivity contribution in [2.24, 2.45) is 11.5 Å². The molecular weight excluding hydrogens is 373 g/mol. The fraction of sp³-hybridized carbons (Fsp3) is 0.0476. The number of nitrogens with two attached hydrogens (primary N) is 3. The van der Waals surface area contributed by atoms with Gasteiger partial charge in [-0.1, -0.05) is 35.5 Å². The Balaban J connectivity index is 1.74. The van der Waals surface area contributed by atoms with Gasteiger partial charge in [0.1, 0.15) is 5.82 Å². The number of aromatic nitrogens is 1. The summed E-state index contributed by atoms with van der Waals surface area (Å²) in [7, 11) is 0. The molecule has 0 radical (unpaired) electrons. The van der Waals surface area contributed by atoms with Gasteiger partial charge >= 0.3 is 6.03 Å². The van der Waals surface area contributed by atoms with E-state index in [1.807, 2.05) is 24.3 Å². The molecule has 8 heteroatoms. The van der Waals surface area contributed by atoms with Gasteiger partial charge in [0.05, 0.1) is 16.8 Å². The number of nitrogen functional groups attached to an aromatic ring is 1. The number of amides is 2. The number of anilines is 3. The highest BCUT2D eigenvalue weighted by molar-refractivity contribution is 6.01. The van der Waals surface area contributed by atoms with Gasteiger partial charge in [-0.3, -0.25) is 4.90 Å². The lowest BCUT2D eigenvalue weighted by atomic mass is 10.0. The van der Waals surface area contributed by atoms with Crippen molar-refractivity contribution in [2.45, 2.75) is 6.54 Å². The standard InChI is InChI=1S/C21H18FN5O2/c22-17-10-15(9-6-13(17)11-23)27(21(25)28)14-7-4-12(5-8-14)16-2-1-3-18-19(16)20(24)26-29-18/h1-10H,11,23H2,(H2,24,26)(H2,25,28). The number of hydrogen-bond acceptors (Lipinski definition) is 5. The Morgan fingerprint density at radius 2 is 1.79 bits per heavy atom. The van der Waals surface area contributed by atoms with Crippen molar-refractivity contribution in [2.75, 3.05) is 10.6 Å². The molecule has 0 aliphatic rings. The Bertz CT molecular complexity index is 1200. The molecule has 6 N–H and O–H groups in total. The summed E-state index contributed by atoms with van der Waals surface area (Å²) in [6.45, 7) is 0.0644. The Morgan fingerprint density at radius 1 is 1.07 bits per heavy atom. The van der Waals surface area contributed by atoms with Crippen LogP contribution < -0.4 is 22.1 Å². The van der Waals surface area contributed by atoms with Crippen molar-refractivity contribution in [3.8, 4) is 11.1 Å². The van der Waals surface area contributed by atoms with Gasteiger partial charge in [0, 0.05) is 12.1 Å². The van der Waals surface area contributed by atoms with E-state index in [1.54, 1.807) is 24.3 Å². The molecule has 1 aromatic heterocycles. The molecule has 0 saturated carbocycles. The molecule has 4 aromatic rings. The van der Waals surface area contributed by atoms with E-state index in [-0.39, 0.29) is 6.54 Å². The number of hydrogen-bond donors (Lipinski definition) is 3. The molecule has 0 spiro atoms. The summed E-state index contributed by atoms with van der Waals surface area (Å²) in [5.74, 6) is -0.198. The number of nitrogens with zero attached hydrogens (tertiary/aromatic N) is 2. The van der Waals surface area contributed by atoms with Crippen LogP contribution in [0.2, 0.25) is 0 Å². The quantitative estimate of drug-likeness (QED) is 0.487. The fourth-order valence-electron chi connectivity index (χ4n) is 3.29. The zero-order chi connectivity index (χ0) is 20.5. The van der Waals surface area contributed by atoms with E-state index in [2.05, 4.69) is 5.16 Å². The number of benzene rings is 3. The molecule has 0 fully saturated rings. The normalized spacial score (nSPS) is 11.0. The first-order chi connectivity index (χ1) is 14.0. The summed E-state index contributed by atoms with van der Waals surface area (Å²) in [4.78, 5) is 13.3. The second-order valence-corrected chi connectivity index (χ2v) is 6.45. The number of carbonyl (C=O) groups is 1. The minimum Gasteiger partial charge on any atom is -0.380 e. The average molecular weight is 391 g/mol. The molecule has 0 aliphatic carbocycles. The first kappa shape index (κ1) is 18.5. The average Bonchev–Trinajstić information content (AvgIpc) is 3.10. The Morgan fingerprint density at radius 3 is 2.45 bits per heavy atom. The maximum absolute atomic E-state index is 14.1. The predicted octanol–water partition coefficient (Wildman–Crippen LogP) is 3.89. The smallest absolute Gasteiger partial charge is 0.323 e. The van der Waals surface area contributed by atoms with E-state index >= 15 is 0 Å². The number of rotatable bonds is 4. The van der Waals surface area contributed by atoms with Gasteiger partial charge in [-0.05, 0) is 41.5 Å². The first-order valence-corrected chi connectivity index (χ1v) is 8.82. The summed E-state index contributed by atoms with van der Waals surface area (Å²) in [5, 5.41) is 4.52. The molecule has 0 bridgehead atoms. The van der Waals surface area contributed by atoms with Gasteiger partial charge in [-0.15, -0.1) is 0 Å². The van der Waals surface area contributed by atoms with Gasteiger partial charge in [0.15, 0.2) is 11.4 Å². The van der Waals surface area contributed by atoms with E-state index < -0.39 is 11.8 Å². The van der Waals surface area contributed by atoms with E-state index in [9.17, 15) is 9.18 Å². The van der Waals surface area contributed by atoms with Gasteiger partial charge in [-0.25, -0.2) is 9.18 Å². The van der Waals surface area contributed by atoms with Crippen LogP contribution in [-0.4, -0.2) is 11.2 Å². The SMILES string of the molecule is NCc1ccc(N(C(N)=O)c2ccc(-c3cccc4onc(N)c34)cc2)cc1F. The zero-order valence-electron chi connectivity index (χ0n) is 15.3. The summed E-state index contributed by atoms with van der Waals surface area (Å²) < 4.78 is 19.3. The zero-order valence-corrected chi connectivity index (χ0v) is 15.3. The van der Waals surface area contributed by atoms with Crippen LogP contribution in [0, 0.1) is 5.82 Å². The van der Waals surface area contributed by atoms with Crippen molar-refractivity contribution in [1.82, 2.24) is 5.16 Å². The lowest BCUT2D eigenvalue weighted by molar-refractivity contribution is 0.256. The molecule has 0 aliphatic heterocycles. The van der Waals surface area contributed by atoms with Crippen LogP contribution in [0.15, 0.2) is 65.2 Å². The van der Waals surface area contributed by atoms with Crippen molar-refractivity contribution in [3.63, 3.8) is 0 Å². The largest absolute Gasteiger partial charge is 0.380 e. The van der Waals surface area contributed by atoms with E-state index in [0.29, 0.717) is 33.7 Å². The van der Waals surface area contributed by atoms with Gasteiger partial charge < -0.3 is 21.7 Å². The summed E-state index contributed by atoms with van der Waals surface area (Å²) in [6.07, 6.45) is 0. The minimum atomic E-state index is -0.733. The van der Waals surface area contributed by atoms with E-state index in [0.717, 1.165) is 11.1 Å². The fourth-order valence-corrected chi connectivity index (χ4v) is 3.29. The van der Waals surface area contributed by atoms with Crippen LogP contribution in [0.25, 0.3) is 22.1 Å². The summed E-state index contributed by atoms with van der Waals surface area (Å²) >= 11 is 0. The van der Waals surface area contributed by atoms with Crippen molar-refractivity contribution in [3.05, 3.63) is 72.0 Å². The second kappa shape index (κ2) is 7.25. The first-order valence-electron chi connectivity index (χ1n) is 8.82. The van der Waals surface area contributed by atoms with Crippen molar-refractivity contribution in [1.29, 1.82) is 0 Å². The predicted molar refractivity (Wildman–Crippen MR) is 110 cm³/mol. The number of fused-ring (bicyclic) bond motifs is 1. The Labute approximate surface area is 165 Å². The van der Waals surface area contributed by atoms with Crippen LogP contribution in [0.5, 0.6) is 0 Å². The molecule has 2 amide bonds. The molecule has 29 heavy (non-hydrogen) atoms.